The molecule has 4 nitrogen and oxygen atoms in total. The third kappa shape index (κ3) is 4.22. The average Bonchev–Trinajstić information content (AvgIpc) is 2.95. The molecule has 1 aromatic carbocycles. The summed E-state index contributed by atoms with van der Waals surface area (Å²) in [5, 5.41) is 7.76. The van der Waals surface area contributed by atoms with E-state index in [0.29, 0.717) is 5.69 Å². The van der Waals surface area contributed by atoms with E-state index in [-0.39, 0.29) is 16.3 Å². The Morgan fingerprint density at radius 1 is 0.957 bits per heavy atom. The van der Waals surface area contributed by atoms with Crippen molar-refractivity contribution < 1.29 is 4.79 Å². The molecule has 23 heavy (non-hydrogen) atoms. The number of aromatic nitrogens is 1. The number of amides is 2. The second kappa shape index (κ2) is 7.00. The van der Waals surface area contributed by atoms with Gasteiger partial charge in [-0.1, -0.05) is 53.5 Å². The first-order valence-corrected chi connectivity index (χ1v) is 8.29. The monoisotopic (exact) mass is 363 g/mol. The number of urea groups is 1. The van der Waals surface area contributed by atoms with Gasteiger partial charge in [-0.2, -0.15) is 0 Å². The second-order valence-corrected chi connectivity index (χ2v) is 6.33. The lowest BCUT2D eigenvalue weighted by molar-refractivity contribution is 0.262. The molecule has 0 saturated heterocycles. The lowest BCUT2D eigenvalue weighted by Crippen LogP contribution is -2.19. The van der Waals surface area contributed by atoms with Gasteiger partial charge < -0.3 is 10.6 Å². The largest absolute Gasteiger partial charge is 0.323 e. The number of anilines is 2. The summed E-state index contributed by atoms with van der Waals surface area (Å²) < 4.78 is 0. The number of halogens is 2. The van der Waals surface area contributed by atoms with Crippen molar-refractivity contribution in [1.29, 1.82) is 0 Å². The number of pyridine rings is 1. The molecule has 0 spiro atoms. The van der Waals surface area contributed by atoms with Gasteiger partial charge in [0.05, 0.1) is 5.69 Å². The molecule has 0 radical (unpaired) electrons. The summed E-state index contributed by atoms with van der Waals surface area (Å²) >= 11 is 13.2. The fourth-order valence-electron chi connectivity index (χ4n) is 1.99. The van der Waals surface area contributed by atoms with E-state index in [1.807, 2.05) is 41.8 Å². The third-order valence-electron chi connectivity index (χ3n) is 2.94. The van der Waals surface area contributed by atoms with Gasteiger partial charge in [0.15, 0.2) is 0 Å². The lowest BCUT2D eigenvalue weighted by Gasteiger charge is -2.06. The highest BCUT2D eigenvalue weighted by Crippen LogP contribution is 2.29. The number of nitrogens with one attached hydrogen (secondary N) is 2. The number of hydrogen-bond donors (Lipinski definition) is 2. The molecule has 3 aromatic rings. The van der Waals surface area contributed by atoms with E-state index in [1.54, 1.807) is 11.3 Å². The van der Waals surface area contributed by atoms with Crippen LogP contribution >= 0.6 is 34.5 Å². The van der Waals surface area contributed by atoms with E-state index in [9.17, 15) is 4.79 Å². The van der Waals surface area contributed by atoms with Crippen LogP contribution in [0.25, 0.3) is 10.4 Å². The summed E-state index contributed by atoms with van der Waals surface area (Å²) in [4.78, 5) is 16.9. The highest BCUT2D eigenvalue weighted by atomic mass is 35.5. The first-order chi connectivity index (χ1) is 11.1. The van der Waals surface area contributed by atoms with E-state index in [4.69, 9.17) is 23.2 Å². The highest BCUT2D eigenvalue weighted by Gasteiger charge is 2.08. The number of rotatable bonds is 3. The standard InChI is InChI=1S/C16H11Cl2N3OS/c17-14-7-11(8-15(18)21-14)19-16(22)20-12-6-13(23-9-12)10-4-2-1-3-5-10/h1-9H,(H2,19,20,21,22). The van der Waals surface area contributed by atoms with Crippen molar-refractivity contribution in [3.63, 3.8) is 0 Å². The number of benzene rings is 1. The number of thiophene rings is 1. The smallest absolute Gasteiger partial charge is 0.307 e. The van der Waals surface area contributed by atoms with Gasteiger partial charge in [-0.15, -0.1) is 11.3 Å². The quantitative estimate of drug-likeness (QED) is 0.581. The molecule has 2 amide bonds. The summed E-state index contributed by atoms with van der Waals surface area (Å²) in [6.45, 7) is 0. The molecular formula is C16H11Cl2N3OS. The molecular weight excluding hydrogens is 353 g/mol. The van der Waals surface area contributed by atoms with Crippen LogP contribution in [0.1, 0.15) is 0 Å². The van der Waals surface area contributed by atoms with Crippen LogP contribution in [0.15, 0.2) is 53.9 Å². The first-order valence-electron chi connectivity index (χ1n) is 6.65. The van der Waals surface area contributed by atoms with Crippen LogP contribution in [0.5, 0.6) is 0 Å². The van der Waals surface area contributed by atoms with Crippen LogP contribution in [0, 0.1) is 0 Å². The Kier molecular flexibility index (Phi) is 4.81. The molecule has 2 heterocycles. The van der Waals surface area contributed by atoms with Crippen molar-refractivity contribution >= 4 is 51.9 Å². The number of nitrogens with zero attached hydrogens (tertiary/aromatic N) is 1. The fraction of sp³-hybridized carbons (Fsp3) is 0. The van der Waals surface area contributed by atoms with Gasteiger partial charge in [0.25, 0.3) is 0 Å². The Morgan fingerprint density at radius 3 is 2.30 bits per heavy atom. The molecule has 0 unspecified atom stereocenters. The van der Waals surface area contributed by atoms with Crippen molar-refractivity contribution in [2.24, 2.45) is 0 Å². The maximum atomic E-state index is 12.0. The maximum absolute atomic E-state index is 12.0. The average molecular weight is 364 g/mol. The van der Waals surface area contributed by atoms with Gasteiger partial charge in [-0.25, -0.2) is 9.78 Å². The van der Waals surface area contributed by atoms with Crippen LogP contribution < -0.4 is 10.6 Å². The van der Waals surface area contributed by atoms with Crippen LogP contribution in [-0.4, -0.2) is 11.0 Å². The van der Waals surface area contributed by atoms with E-state index in [1.165, 1.54) is 12.1 Å². The summed E-state index contributed by atoms with van der Waals surface area (Å²) in [7, 11) is 0. The molecule has 0 atom stereocenters. The highest BCUT2D eigenvalue weighted by molar-refractivity contribution is 7.14. The first kappa shape index (κ1) is 15.8. The predicted octanol–water partition coefficient (Wildman–Crippen LogP) is 5.76. The fourth-order valence-corrected chi connectivity index (χ4v) is 3.29. The van der Waals surface area contributed by atoms with E-state index < -0.39 is 0 Å². The van der Waals surface area contributed by atoms with Crippen molar-refractivity contribution in [2.75, 3.05) is 10.6 Å². The van der Waals surface area contributed by atoms with E-state index in [0.717, 1.165) is 16.1 Å². The zero-order valence-corrected chi connectivity index (χ0v) is 14.0. The Bertz CT molecular complexity index is 816. The molecule has 2 N–H and O–H groups in total. The Balaban J connectivity index is 1.68. The number of carbonyl (C=O) groups excluding carboxylic acids is 1. The normalized spacial score (nSPS) is 10.3. The SMILES string of the molecule is O=C(Nc1cc(Cl)nc(Cl)c1)Nc1csc(-c2ccccc2)c1. The molecule has 3 rings (SSSR count). The topological polar surface area (TPSA) is 54.0 Å². The molecule has 116 valence electrons. The predicted molar refractivity (Wildman–Crippen MR) is 96.7 cm³/mol. The van der Waals surface area contributed by atoms with Gasteiger partial charge in [-0.05, 0) is 23.8 Å². The van der Waals surface area contributed by atoms with E-state index in [2.05, 4.69) is 15.6 Å². The second-order valence-electron chi connectivity index (χ2n) is 4.65. The van der Waals surface area contributed by atoms with Crippen LogP contribution in [0.2, 0.25) is 10.3 Å². The minimum atomic E-state index is -0.374. The zero-order valence-electron chi connectivity index (χ0n) is 11.7. The van der Waals surface area contributed by atoms with Crippen LogP contribution in [0.4, 0.5) is 16.2 Å². The van der Waals surface area contributed by atoms with Gasteiger partial charge in [0.2, 0.25) is 0 Å². The number of carbonyl (C=O) groups is 1. The molecule has 7 heteroatoms. The molecule has 0 aliphatic carbocycles. The molecule has 0 saturated carbocycles. The summed E-state index contributed by atoms with van der Waals surface area (Å²) in [5.74, 6) is 0. The van der Waals surface area contributed by atoms with Crippen molar-refractivity contribution in [1.82, 2.24) is 4.98 Å². The maximum Gasteiger partial charge on any atom is 0.323 e. The van der Waals surface area contributed by atoms with Gasteiger partial charge in [-0.3, -0.25) is 0 Å². The molecule has 2 aromatic heterocycles. The van der Waals surface area contributed by atoms with E-state index >= 15 is 0 Å². The molecule has 0 aliphatic rings. The Hall–Kier alpha value is -2.08. The lowest BCUT2D eigenvalue weighted by atomic mass is 10.2. The van der Waals surface area contributed by atoms with Crippen molar-refractivity contribution in [3.8, 4) is 10.4 Å². The van der Waals surface area contributed by atoms with Crippen LogP contribution in [-0.2, 0) is 0 Å². The van der Waals surface area contributed by atoms with Gasteiger partial charge >= 0.3 is 6.03 Å². The minimum absolute atomic E-state index is 0.217. The number of hydrogen-bond acceptors (Lipinski definition) is 3. The van der Waals surface area contributed by atoms with Crippen molar-refractivity contribution in [2.45, 2.75) is 0 Å². The van der Waals surface area contributed by atoms with Gasteiger partial charge in [0.1, 0.15) is 10.3 Å². The molecule has 0 aliphatic heterocycles. The van der Waals surface area contributed by atoms with Gasteiger partial charge in [0, 0.05) is 15.9 Å². The molecule has 0 fully saturated rings. The summed E-state index contributed by atoms with van der Waals surface area (Å²) in [6, 6.07) is 14.6. The van der Waals surface area contributed by atoms with Crippen LogP contribution in [0.3, 0.4) is 0 Å². The third-order valence-corrected chi connectivity index (χ3v) is 4.30. The zero-order chi connectivity index (χ0) is 16.2. The molecule has 0 bridgehead atoms. The minimum Gasteiger partial charge on any atom is -0.307 e. The summed E-state index contributed by atoms with van der Waals surface area (Å²) in [5.41, 5.74) is 2.31. The Morgan fingerprint density at radius 2 is 1.61 bits per heavy atom. The van der Waals surface area contributed by atoms with Crippen molar-refractivity contribution in [3.05, 3.63) is 64.2 Å². The summed E-state index contributed by atoms with van der Waals surface area (Å²) in [6.07, 6.45) is 0. The Labute approximate surface area is 147 Å².